The molecule has 2 amide bonds. The molecule has 1 aromatic carbocycles. The first-order valence-corrected chi connectivity index (χ1v) is 5.96. The predicted molar refractivity (Wildman–Crippen MR) is 68.6 cm³/mol. The standard InChI is InChI=1S/C13H17N3O2/c1-2-13(8-3-5-9(14)6-4-8)7-10(15)11(17)16-12(13)18/h3-6,10H,2,7,14-15H2,1H3,(H,16,17,18)/t10-,13-/m1/s1. The number of rotatable bonds is 2. The van der Waals surface area contributed by atoms with Crippen LogP contribution in [0.4, 0.5) is 5.69 Å². The first kappa shape index (κ1) is 12.6. The van der Waals surface area contributed by atoms with Crippen LogP contribution in [0.1, 0.15) is 25.3 Å². The van der Waals surface area contributed by atoms with E-state index in [9.17, 15) is 9.59 Å². The summed E-state index contributed by atoms with van der Waals surface area (Å²) in [5.74, 6) is -0.680. The third-order valence-corrected chi connectivity index (χ3v) is 3.64. The predicted octanol–water partition coefficient (Wildman–Crippen LogP) is 0.290. The van der Waals surface area contributed by atoms with Gasteiger partial charge in [-0.1, -0.05) is 19.1 Å². The molecule has 1 heterocycles. The van der Waals surface area contributed by atoms with Gasteiger partial charge in [-0.2, -0.15) is 0 Å². The number of amides is 2. The lowest BCUT2D eigenvalue weighted by Crippen LogP contribution is -2.59. The Morgan fingerprint density at radius 1 is 1.33 bits per heavy atom. The summed E-state index contributed by atoms with van der Waals surface area (Å²) < 4.78 is 0. The molecule has 18 heavy (non-hydrogen) atoms. The molecule has 0 aromatic heterocycles. The zero-order valence-corrected chi connectivity index (χ0v) is 10.3. The Balaban J connectivity index is 2.44. The molecule has 1 aromatic rings. The number of benzene rings is 1. The minimum Gasteiger partial charge on any atom is -0.399 e. The van der Waals surface area contributed by atoms with Gasteiger partial charge in [0, 0.05) is 5.69 Å². The Labute approximate surface area is 106 Å². The monoisotopic (exact) mass is 247 g/mol. The Bertz CT molecular complexity index is 484. The second kappa shape index (κ2) is 4.42. The van der Waals surface area contributed by atoms with Gasteiger partial charge in [-0.3, -0.25) is 14.9 Å². The summed E-state index contributed by atoms with van der Waals surface area (Å²) in [5.41, 5.74) is 12.2. The van der Waals surface area contributed by atoms with Gasteiger partial charge in [0.05, 0.1) is 11.5 Å². The van der Waals surface area contributed by atoms with Crippen LogP contribution in [0, 0.1) is 0 Å². The number of anilines is 1. The third kappa shape index (κ3) is 1.86. The van der Waals surface area contributed by atoms with Crippen molar-refractivity contribution in [1.29, 1.82) is 0 Å². The minimum atomic E-state index is -0.735. The Hall–Kier alpha value is -1.88. The SMILES string of the molecule is CC[C@]1(c2ccc(N)cc2)C[C@@H](N)C(=O)NC1=O. The van der Waals surface area contributed by atoms with Crippen LogP contribution in [-0.2, 0) is 15.0 Å². The molecular weight excluding hydrogens is 230 g/mol. The lowest BCUT2D eigenvalue weighted by Gasteiger charge is -2.37. The number of imide groups is 1. The maximum absolute atomic E-state index is 12.2. The van der Waals surface area contributed by atoms with Crippen molar-refractivity contribution >= 4 is 17.5 Å². The molecule has 2 atom stereocenters. The van der Waals surface area contributed by atoms with E-state index in [0.29, 0.717) is 18.5 Å². The molecule has 1 fully saturated rings. The van der Waals surface area contributed by atoms with Gasteiger partial charge < -0.3 is 11.5 Å². The van der Waals surface area contributed by atoms with Crippen LogP contribution in [0.15, 0.2) is 24.3 Å². The van der Waals surface area contributed by atoms with Crippen molar-refractivity contribution in [2.24, 2.45) is 5.73 Å². The molecule has 5 heteroatoms. The highest BCUT2D eigenvalue weighted by Gasteiger charge is 2.45. The van der Waals surface area contributed by atoms with E-state index in [-0.39, 0.29) is 5.91 Å². The molecule has 5 N–H and O–H groups in total. The van der Waals surface area contributed by atoms with Gasteiger partial charge >= 0.3 is 0 Å². The summed E-state index contributed by atoms with van der Waals surface area (Å²) in [4.78, 5) is 23.6. The van der Waals surface area contributed by atoms with Gasteiger partial charge in [0.2, 0.25) is 11.8 Å². The minimum absolute atomic E-state index is 0.276. The smallest absolute Gasteiger partial charge is 0.243 e. The zero-order valence-electron chi connectivity index (χ0n) is 10.3. The normalized spacial score (nSPS) is 28.0. The Morgan fingerprint density at radius 3 is 2.50 bits per heavy atom. The number of nitrogens with two attached hydrogens (primary N) is 2. The number of nitrogens with one attached hydrogen (secondary N) is 1. The highest BCUT2D eigenvalue weighted by atomic mass is 16.2. The van der Waals surface area contributed by atoms with E-state index in [1.54, 1.807) is 12.1 Å². The molecule has 1 saturated heterocycles. The molecule has 0 bridgehead atoms. The van der Waals surface area contributed by atoms with E-state index in [4.69, 9.17) is 11.5 Å². The highest BCUT2D eigenvalue weighted by molar-refractivity contribution is 6.05. The van der Waals surface area contributed by atoms with E-state index in [1.807, 2.05) is 19.1 Å². The second-order valence-electron chi connectivity index (χ2n) is 4.69. The van der Waals surface area contributed by atoms with Crippen molar-refractivity contribution in [3.63, 3.8) is 0 Å². The first-order chi connectivity index (χ1) is 8.49. The summed E-state index contributed by atoms with van der Waals surface area (Å²) in [6.07, 6.45) is 0.918. The summed E-state index contributed by atoms with van der Waals surface area (Å²) in [6.45, 7) is 1.92. The fraction of sp³-hybridized carbons (Fsp3) is 0.385. The van der Waals surface area contributed by atoms with E-state index in [2.05, 4.69) is 5.32 Å². The summed E-state index contributed by atoms with van der Waals surface area (Å²) in [7, 11) is 0. The zero-order chi connectivity index (χ0) is 13.3. The molecule has 0 saturated carbocycles. The fourth-order valence-corrected chi connectivity index (χ4v) is 2.45. The lowest BCUT2D eigenvalue weighted by atomic mass is 9.70. The molecule has 1 aliphatic heterocycles. The van der Waals surface area contributed by atoms with Crippen LogP contribution in [-0.4, -0.2) is 17.9 Å². The molecule has 96 valence electrons. The Kier molecular flexibility index (Phi) is 3.09. The lowest BCUT2D eigenvalue weighted by molar-refractivity contribution is -0.139. The van der Waals surface area contributed by atoms with Crippen molar-refractivity contribution in [3.8, 4) is 0 Å². The van der Waals surface area contributed by atoms with E-state index < -0.39 is 17.4 Å². The van der Waals surface area contributed by atoms with Crippen LogP contribution < -0.4 is 16.8 Å². The number of carbonyl (C=O) groups is 2. The van der Waals surface area contributed by atoms with Crippen LogP contribution in [0.25, 0.3) is 0 Å². The van der Waals surface area contributed by atoms with E-state index in [1.165, 1.54) is 0 Å². The molecule has 5 nitrogen and oxygen atoms in total. The molecule has 1 aliphatic rings. The summed E-state index contributed by atoms with van der Waals surface area (Å²) in [6, 6.07) is 6.49. The molecule has 0 unspecified atom stereocenters. The highest BCUT2D eigenvalue weighted by Crippen LogP contribution is 2.35. The van der Waals surface area contributed by atoms with E-state index >= 15 is 0 Å². The molecule has 0 aliphatic carbocycles. The number of carbonyl (C=O) groups excluding carboxylic acids is 2. The van der Waals surface area contributed by atoms with Crippen LogP contribution in [0.2, 0.25) is 0 Å². The van der Waals surface area contributed by atoms with Gasteiger partial charge in [-0.15, -0.1) is 0 Å². The number of hydrogen-bond acceptors (Lipinski definition) is 4. The van der Waals surface area contributed by atoms with Crippen molar-refractivity contribution < 1.29 is 9.59 Å². The number of hydrogen-bond donors (Lipinski definition) is 3. The van der Waals surface area contributed by atoms with E-state index in [0.717, 1.165) is 5.56 Å². The first-order valence-electron chi connectivity index (χ1n) is 5.96. The van der Waals surface area contributed by atoms with Gasteiger partial charge in [-0.25, -0.2) is 0 Å². The van der Waals surface area contributed by atoms with Gasteiger partial charge in [0.15, 0.2) is 0 Å². The third-order valence-electron chi connectivity index (χ3n) is 3.64. The van der Waals surface area contributed by atoms with Crippen LogP contribution in [0.3, 0.4) is 0 Å². The van der Waals surface area contributed by atoms with Crippen molar-refractivity contribution in [2.45, 2.75) is 31.2 Å². The van der Waals surface area contributed by atoms with Gasteiger partial charge in [-0.05, 0) is 30.5 Å². The number of nitrogen functional groups attached to an aromatic ring is 1. The Morgan fingerprint density at radius 2 is 1.94 bits per heavy atom. The maximum atomic E-state index is 12.2. The average Bonchev–Trinajstić information content (AvgIpc) is 2.35. The summed E-state index contributed by atoms with van der Waals surface area (Å²) in [5, 5.41) is 2.35. The topological polar surface area (TPSA) is 98.2 Å². The fourth-order valence-electron chi connectivity index (χ4n) is 2.45. The van der Waals surface area contributed by atoms with Crippen LogP contribution in [0.5, 0.6) is 0 Å². The van der Waals surface area contributed by atoms with Crippen LogP contribution >= 0.6 is 0 Å². The van der Waals surface area contributed by atoms with Crippen molar-refractivity contribution in [3.05, 3.63) is 29.8 Å². The molecule has 0 spiro atoms. The second-order valence-corrected chi connectivity index (χ2v) is 4.69. The number of piperidine rings is 1. The van der Waals surface area contributed by atoms with Gasteiger partial charge in [0.25, 0.3) is 0 Å². The summed E-state index contributed by atoms with van der Waals surface area (Å²) >= 11 is 0. The average molecular weight is 247 g/mol. The molecule has 2 rings (SSSR count). The quantitative estimate of drug-likeness (QED) is 0.516. The van der Waals surface area contributed by atoms with Gasteiger partial charge in [0.1, 0.15) is 0 Å². The van der Waals surface area contributed by atoms with Crippen molar-refractivity contribution in [1.82, 2.24) is 5.32 Å². The van der Waals surface area contributed by atoms with Crippen molar-refractivity contribution in [2.75, 3.05) is 5.73 Å². The molecular formula is C13H17N3O2. The largest absolute Gasteiger partial charge is 0.399 e. The maximum Gasteiger partial charge on any atom is 0.243 e. The molecule has 0 radical (unpaired) electrons.